The summed E-state index contributed by atoms with van der Waals surface area (Å²) < 4.78 is 5.93. The third-order valence-corrected chi connectivity index (χ3v) is 4.18. The molecule has 1 saturated carbocycles. The lowest BCUT2D eigenvalue weighted by Gasteiger charge is -2.24. The molecule has 0 aromatic carbocycles. The first-order valence-corrected chi connectivity index (χ1v) is 7.92. The Morgan fingerprint density at radius 1 is 1.30 bits per heavy atom. The van der Waals surface area contributed by atoms with Crippen LogP contribution in [-0.4, -0.2) is 23.1 Å². The van der Waals surface area contributed by atoms with E-state index in [1.807, 2.05) is 0 Å². The quantitative estimate of drug-likeness (QED) is 0.897. The summed E-state index contributed by atoms with van der Waals surface area (Å²) in [6, 6.07) is 0. The summed E-state index contributed by atoms with van der Waals surface area (Å²) in [5.74, 6) is 2.00. The molecule has 0 spiro atoms. The van der Waals surface area contributed by atoms with E-state index in [9.17, 15) is 0 Å². The predicted molar refractivity (Wildman–Crippen MR) is 78.6 cm³/mol. The molecule has 4 heteroatoms. The summed E-state index contributed by atoms with van der Waals surface area (Å²) in [5, 5.41) is 3.42. The van der Waals surface area contributed by atoms with Crippen molar-refractivity contribution in [2.75, 3.05) is 13.2 Å². The summed E-state index contributed by atoms with van der Waals surface area (Å²) in [5.41, 5.74) is 3.79. The van der Waals surface area contributed by atoms with Crippen molar-refractivity contribution < 1.29 is 4.74 Å². The van der Waals surface area contributed by atoms with E-state index in [-0.39, 0.29) is 6.10 Å². The van der Waals surface area contributed by atoms with Gasteiger partial charge in [0.1, 0.15) is 6.10 Å². The maximum atomic E-state index is 5.93. The third-order valence-electron chi connectivity index (χ3n) is 4.18. The van der Waals surface area contributed by atoms with Crippen LogP contribution in [-0.2, 0) is 17.7 Å². The second-order valence-corrected chi connectivity index (χ2v) is 6.19. The van der Waals surface area contributed by atoms with Gasteiger partial charge in [-0.2, -0.15) is 0 Å². The van der Waals surface area contributed by atoms with Gasteiger partial charge in [0.15, 0.2) is 5.82 Å². The molecule has 1 fully saturated rings. The monoisotopic (exact) mass is 275 g/mol. The molecule has 1 aliphatic carbocycles. The molecule has 1 aromatic rings. The minimum atomic E-state index is 0.102. The normalized spacial score (nSPS) is 20.0. The van der Waals surface area contributed by atoms with Crippen molar-refractivity contribution in [1.82, 2.24) is 15.3 Å². The van der Waals surface area contributed by atoms with Crippen LogP contribution >= 0.6 is 0 Å². The van der Waals surface area contributed by atoms with Gasteiger partial charge in [-0.3, -0.25) is 0 Å². The maximum Gasteiger partial charge on any atom is 0.157 e. The Kier molecular flexibility index (Phi) is 4.03. The van der Waals surface area contributed by atoms with Crippen LogP contribution in [0.2, 0.25) is 0 Å². The molecular weight excluding hydrogens is 250 g/mol. The van der Waals surface area contributed by atoms with E-state index in [1.165, 1.54) is 29.8 Å². The molecule has 20 heavy (non-hydrogen) atoms. The number of aromatic nitrogens is 2. The van der Waals surface area contributed by atoms with Crippen LogP contribution in [0.5, 0.6) is 0 Å². The fourth-order valence-corrected chi connectivity index (χ4v) is 3.01. The van der Waals surface area contributed by atoms with Crippen LogP contribution in [0.1, 0.15) is 68.4 Å². The van der Waals surface area contributed by atoms with Crippen LogP contribution in [0.15, 0.2) is 0 Å². The van der Waals surface area contributed by atoms with Crippen LogP contribution in [0, 0.1) is 5.92 Å². The van der Waals surface area contributed by atoms with Gasteiger partial charge in [-0.1, -0.05) is 13.8 Å². The number of nitrogens with one attached hydrogen (secondary N) is 1. The van der Waals surface area contributed by atoms with Crippen LogP contribution in [0.25, 0.3) is 0 Å². The highest BCUT2D eigenvalue weighted by molar-refractivity contribution is 5.31. The van der Waals surface area contributed by atoms with Gasteiger partial charge in [0.2, 0.25) is 0 Å². The lowest BCUT2D eigenvalue weighted by atomic mass is 9.97. The minimum Gasteiger partial charge on any atom is -0.370 e. The molecule has 0 bridgehead atoms. The number of hydrogen-bond acceptors (Lipinski definition) is 4. The van der Waals surface area contributed by atoms with E-state index < -0.39 is 0 Å². The lowest BCUT2D eigenvalue weighted by Crippen LogP contribution is -2.28. The van der Waals surface area contributed by atoms with E-state index in [0.29, 0.717) is 11.8 Å². The van der Waals surface area contributed by atoms with Gasteiger partial charge in [-0.15, -0.1) is 0 Å². The average Bonchev–Trinajstić information content (AvgIpc) is 3.28. The lowest BCUT2D eigenvalue weighted by molar-refractivity contribution is 0.0396. The zero-order chi connectivity index (χ0) is 14.1. The Labute approximate surface area is 121 Å². The number of hydrogen-bond donors (Lipinski definition) is 1. The summed E-state index contributed by atoms with van der Waals surface area (Å²) in [7, 11) is 0. The molecule has 1 aliphatic heterocycles. The van der Waals surface area contributed by atoms with Crippen LogP contribution < -0.4 is 5.32 Å². The van der Waals surface area contributed by atoms with E-state index in [2.05, 4.69) is 26.1 Å². The smallest absolute Gasteiger partial charge is 0.157 e. The van der Waals surface area contributed by atoms with Gasteiger partial charge >= 0.3 is 0 Å². The molecule has 4 nitrogen and oxygen atoms in total. The fourth-order valence-electron chi connectivity index (χ4n) is 3.01. The zero-order valence-corrected chi connectivity index (χ0v) is 12.8. The highest BCUT2D eigenvalue weighted by atomic mass is 16.5. The van der Waals surface area contributed by atoms with Crippen molar-refractivity contribution in [3.63, 3.8) is 0 Å². The molecule has 1 atom stereocenters. The van der Waals surface area contributed by atoms with Crippen molar-refractivity contribution in [2.24, 2.45) is 5.92 Å². The second-order valence-electron chi connectivity index (χ2n) is 6.19. The third kappa shape index (κ3) is 2.72. The van der Waals surface area contributed by atoms with Gasteiger partial charge in [0.05, 0.1) is 11.4 Å². The number of rotatable bonds is 5. The van der Waals surface area contributed by atoms with Crippen molar-refractivity contribution in [3.8, 4) is 0 Å². The molecule has 2 aliphatic rings. The largest absolute Gasteiger partial charge is 0.370 e. The molecule has 1 N–H and O–H groups in total. The van der Waals surface area contributed by atoms with Gasteiger partial charge in [0.25, 0.3) is 0 Å². The van der Waals surface area contributed by atoms with Gasteiger partial charge in [-0.25, -0.2) is 9.97 Å². The number of ether oxygens (including phenoxy) is 1. The van der Waals surface area contributed by atoms with Crippen molar-refractivity contribution in [3.05, 3.63) is 22.8 Å². The molecule has 1 unspecified atom stereocenters. The molecule has 2 heterocycles. The van der Waals surface area contributed by atoms with E-state index in [1.54, 1.807) is 0 Å². The van der Waals surface area contributed by atoms with Gasteiger partial charge < -0.3 is 10.1 Å². The van der Waals surface area contributed by atoms with Gasteiger partial charge in [0, 0.05) is 13.2 Å². The first kappa shape index (κ1) is 14.0. The SMILES string of the molecule is CCOC(c1nc2c(c(C(C)C)n1)CCNC2)C1CC1. The Hall–Kier alpha value is -1.00. The molecule has 0 amide bonds. The summed E-state index contributed by atoms with van der Waals surface area (Å²) in [4.78, 5) is 9.74. The molecule has 0 saturated heterocycles. The maximum absolute atomic E-state index is 5.93. The minimum absolute atomic E-state index is 0.102. The van der Waals surface area contributed by atoms with Crippen molar-refractivity contribution in [2.45, 2.75) is 58.6 Å². The zero-order valence-electron chi connectivity index (χ0n) is 12.8. The van der Waals surface area contributed by atoms with Gasteiger partial charge in [-0.05, 0) is 50.1 Å². The highest BCUT2D eigenvalue weighted by Crippen LogP contribution is 2.42. The number of nitrogens with zero attached hydrogens (tertiary/aromatic N) is 2. The van der Waals surface area contributed by atoms with E-state index in [0.717, 1.165) is 31.9 Å². The predicted octanol–water partition coefficient (Wildman–Crippen LogP) is 2.73. The molecular formula is C16H25N3O. The Morgan fingerprint density at radius 3 is 2.75 bits per heavy atom. The van der Waals surface area contributed by atoms with E-state index in [4.69, 9.17) is 14.7 Å². The Bertz CT molecular complexity index is 483. The average molecular weight is 275 g/mol. The Balaban J connectivity index is 2.00. The molecule has 1 aromatic heterocycles. The molecule has 3 rings (SSSR count). The standard InChI is InChI=1S/C16H25N3O/c1-4-20-15(11-5-6-11)16-18-13-9-17-8-7-12(13)14(19-16)10(2)3/h10-11,15,17H,4-9H2,1-3H3. The van der Waals surface area contributed by atoms with Crippen molar-refractivity contribution in [1.29, 1.82) is 0 Å². The first-order valence-electron chi connectivity index (χ1n) is 7.92. The van der Waals surface area contributed by atoms with E-state index >= 15 is 0 Å². The van der Waals surface area contributed by atoms with Crippen LogP contribution in [0.3, 0.4) is 0 Å². The van der Waals surface area contributed by atoms with Crippen LogP contribution in [0.4, 0.5) is 0 Å². The molecule has 0 radical (unpaired) electrons. The Morgan fingerprint density at radius 2 is 2.10 bits per heavy atom. The first-order chi connectivity index (χ1) is 9.70. The summed E-state index contributed by atoms with van der Waals surface area (Å²) in [6.45, 7) is 9.14. The second kappa shape index (κ2) is 5.78. The number of fused-ring (bicyclic) bond motifs is 1. The fraction of sp³-hybridized carbons (Fsp3) is 0.750. The summed E-state index contributed by atoms with van der Waals surface area (Å²) >= 11 is 0. The highest BCUT2D eigenvalue weighted by Gasteiger charge is 2.36. The summed E-state index contributed by atoms with van der Waals surface area (Å²) in [6.07, 6.45) is 3.65. The molecule has 110 valence electrons. The topological polar surface area (TPSA) is 47.0 Å². The van der Waals surface area contributed by atoms with Crippen molar-refractivity contribution >= 4 is 0 Å².